The van der Waals surface area contributed by atoms with Crippen LogP contribution in [0.5, 0.6) is 5.88 Å². The van der Waals surface area contributed by atoms with Gasteiger partial charge in [0.25, 0.3) is 0 Å². The van der Waals surface area contributed by atoms with Gasteiger partial charge >= 0.3 is 0 Å². The van der Waals surface area contributed by atoms with Gasteiger partial charge in [-0.25, -0.2) is 8.89 Å². The fraction of sp³-hybridized carbons (Fsp3) is 0.412. The molecule has 1 saturated heterocycles. The summed E-state index contributed by atoms with van der Waals surface area (Å²) in [5.74, 6) is 0.181. The standard InChI is InChI=1S/C17H20ClN3O4S/c1-21-17(24)13(9-19-21)16(23)12-6-5-11(10-22)15(14(12)18)20-26(25)7-3-2-4-8-26/h5-6,9,22,24H,2-4,7-8,10H2,1H3. The number of halogens is 1. The number of carbonyl (C=O) groups excluding carboxylic acids is 1. The summed E-state index contributed by atoms with van der Waals surface area (Å²) in [6.07, 6.45) is 3.94. The van der Waals surface area contributed by atoms with E-state index in [0.29, 0.717) is 17.1 Å². The first-order valence-corrected chi connectivity index (χ1v) is 10.5. The quantitative estimate of drug-likeness (QED) is 0.772. The van der Waals surface area contributed by atoms with E-state index in [1.54, 1.807) is 0 Å². The highest BCUT2D eigenvalue weighted by Gasteiger charge is 2.24. The molecule has 1 aromatic carbocycles. The van der Waals surface area contributed by atoms with Crippen LogP contribution in [-0.2, 0) is 23.4 Å². The van der Waals surface area contributed by atoms with Crippen LogP contribution < -0.4 is 0 Å². The molecule has 2 aromatic rings. The highest BCUT2D eigenvalue weighted by Crippen LogP contribution is 2.36. The first-order chi connectivity index (χ1) is 12.4. The number of benzene rings is 1. The first kappa shape index (κ1) is 18.9. The summed E-state index contributed by atoms with van der Waals surface area (Å²) in [4.78, 5) is 12.8. The summed E-state index contributed by atoms with van der Waals surface area (Å²) >= 11 is 6.42. The molecule has 0 saturated carbocycles. The fourth-order valence-electron chi connectivity index (χ4n) is 2.93. The molecule has 0 amide bonds. The molecule has 2 heterocycles. The topological polar surface area (TPSA) is 105 Å². The van der Waals surface area contributed by atoms with E-state index in [2.05, 4.69) is 9.46 Å². The third-order valence-corrected chi connectivity index (χ3v) is 7.20. The van der Waals surface area contributed by atoms with Gasteiger partial charge in [-0.1, -0.05) is 24.1 Å². The molecule has 3 rings (SSSR count). The molecule has 2 N–H and O–H groups in total. The summed E-state index contributed by atoms with van der Waals surface area (Å²) in [5.41, 5.74) is 0.731. The van der Waals surface area contributed by atoms with Gasteiger partial charge < -0.3 is 10.2 Å². The molecule has 1 fully saturated rings. The van der Waals surface area contributed by atoms with Gasteiger partial charge in [-0.15, -0.1) is 0 Å². The second kappa shape index (κ2) is 7.38. The molecular weight excluding hydrogens is 378 g/mol. The molecule has 0 bridgehead atoms. The smallest absolute Gasteiger partial charge is 0.220 e. The zero-order valence-corrected chi connectivity index (χ0v) is 15.9. The second-order valence-electron chi connectivity index (χ2n) is 6.26. The molecule has 0 atom stereocenters. The Bertz CT molecular complexity index is 965. The molecule has 26 heavy (non-hydrogen) atoms. The van der Waals surface area contributed by atoms with Gasteiger partial charge in [-0.05, 0) is 18.9 Å². The van der Waals surface area contributed by atoms with Gasteiger partial charge in [0.15, 0.2) is 0 Å². The molecular formula is C17H20ClN3O4S. The Labute approximate surface area is 156 Å². The van der Waals surface area contributed by atoms with E-state index >= 15 is 0 Å². The van der Waals surface area contributed by atoms with Crippen LogP contribution in [-0.4, -0.2) is 41.5 Å². The van der Waals surface area contributed by atoms with Crippen molar-refractivity contribution in [1.29, 1.82) is 0 Å². The second-order valence-corrected chi connectivity index (χ2v) is 9.18. The van der Waals surface area contributed by atoms with Crippen LogP contribution in [0.15, 0.2) is 22.7 Å². The normalized spacial score (nSPS) is 16.4. The van der Waals surface area contributed by atoms with Gasteiger partial charge in [0.05, 0.1) is 33.2 Å². The molecule has 0 radical (unpaired) electrons. The maximum atomic E-state index is 13.0. The average molecular weight is 398 g/mol. The van der Waals surface area contributed by atoms with E-state index in [4.69, 9.17) is 11.6 Å². The minimum Gasteiger partial charge on any atom is -0.493 e. The molecule has 0 aliphatic carbocycles. The van der Waals surface area contributed by atoms with Crippen LogP contribution in [0, 0.1) is 0 Å². The summed E-state index contributed by atoms with van der Waals surface area (Å²) in [6, 6.07) is 3.01. The molecule has 0 unspecified atom stereocenters. The Morgan fingerprint density at radius 3 is 2.58 bits per heavy atom. The monoisotopic (exact) mass is 397 g/mol. The largest absolute Gasteiger partial charge is 0.493 e. The van der Waals surface area contributed by atoms with Crippen LogP contribution in [0.25, 0.3) is 0 Å². The van der Waals surface area contributed by atoms with E-state index < -0.39 is 15.5 Å². The highest BCUT2D eigenvalue weighted by molar-refractivity contribution is 7.93. The number of nitrogens with zero attached hydrogens (tertiary/aromatic N) is 3. The Balaban J connectivity index is 2.12. The van der Waals surface area contributed by atoms with E-state index in [-0.39, 0.29) is 34.3 Å². The maximum Gasteiger partial charge on any atom is 0.220 e. The summed E-state index contributed by atoms with van der Waals surface area (Å²) < 4.78 is 18.5. The summed E-state index contributed by atoms with van der Waals surface area (Å²) in [7, 11) is -0.946. The SMILES string of the molecule is Cn1ncc(C(=O)c2ccc(CO)c(N=S3(=O)CCCCC3)c2Cl)c1O. The molecule has 0 spiro atoms. The van der Waals surface area contributed by atoms with Gasteiger partial charge in [0.2, 0.25) is 11.7 Å². The summed E-state index contributed by atoms with van der Waals surface area (Å²) in [6.45, 7) is -0.333. The molecule has 1 aliphatic rings. The molecule has 9 heteroatoms. The van der Waals surface area contributed by atoms with Crippen molar-refractivity contribution in [2.45, 2.75) is 25.9 Å². The van der Waals surface area contributed by atoms with Gasteiger partial charge in [0, 0.05) is 29.7 Å². The van der Waals surface area contributed by atoms with Crippen LogP contribution in [0.1, 0.15) is 40.7 Å². The number of ketones is 1. The number of aromatic nitrogens is 2. The third kappa shape index (κ3) is 3.49. The van der Waals surface area contributed by atoms with Crippen molar-refractivity contribution < 1.29 is 19.2 Å². The van der Waals surface area contributed by atoms with Gasteiger partial charge in [-0.2, -0.15) is 9.46 Å². The maximum absolute atomic E-state index is 13.0. The Morgan fingerprint density at radius 2 is 2.00 bits per heavy atom. The van der Waals surface area contributed by atoms with E-state index in [9.17, 15) is 19.2 Å². The lowest BCUT2D eigenvalue weighted by atomic mass is 10.0. The molecule has 140 valence electrons. The van der Waals surface area contributed by atoms with Crippen molar-refractivity contribution in [3.63, 3.8) is 0 Å². The lowest BCUT2D eigenvalue weighted by Crippen LogP contribution is -2.16. The van der Waals surface area contributed by atoms with Crippen LogP contribution in [0.4, 0.5) is 5.69 Å². The number of rotatable bonds is 4. The zero-order chi connectivity index (χ0) is 18.9. The number of hydrogen-bond acceptors (Lipinski definition) is 6. The van der Waals surface area contributed by atoms with E-state index in [1.165, 1.54) is 30.1 Å². The van der Waals surface area contributed by atoms with Crippen molar-refractivity contribution >= 4 is 32.8 Å². The van der Waals surface area contributed by atoms with Crippen LogP contribution in [0.3, 0.4) is 0 Å². The van der Waals surface area contributed by atoms with Gasteiger partial charge in [0.1, 0.15) is 5.56 Å². The minimum absolute atomic E-state index is 0.0129. The van der Waals surface area contributed by atoms with E-state index in [1.807, 2.05) is 0 Å². The van der Waals surface area contributed by atoms with Crippen LogP contribution >= 0.6 is 11.6 Å². The number of aliphatic hydroxyl groups is 1. The predicted octanol–water partition coefficient (Wildman–Crippen LogP) is 2.79. The summed E-state index contributed by atoms with van der Waals surface area (Å²) in [5, 5.41) is 23.4. The first-order valence-electron chi connectivity index (χ1n) is 8.27. The molecule has 7 nitrogen and oxygen atoms in total. The number of carbonyl (C=O) groups is 1. The predicted molar refractivity (Wildman–Crippen MR) is 99.5 cm³/mol. The van der Waals surface area contributed by atoms with Crippen molar-refractivity contribution in [2.75, 3.05) is 11.5 Å². The fourth-order valence-corrected chi connectivity index (χ4v) is 5.54. The number of hydrogen-bond donors (Lipinski definition) is 2. The molecule has 1 aliphatic heterocycles. The molecule has 1 aromatic heterocycles. The lowest BCUT2D eigenvalue weighted by Gasteiger charge is -2.17. The van der Waals surface area contributed by atoms with Crippen LogP contribution in [0.2, 0.25) is 5.02 Å². The average Bonchev–Trinajstić information content (AvgIpc) is 2.96. The third-order valence-electron chi connectivity index (χ3n) is 4.45. The lowest BCUT2D eigenvalue weighted by molar-refractivity contribution is 0.103. The number of aromatic hydroxyl groups is 1. The Kier molecular flexibility index (Phi) is 5.36. The van der Waals surface area contributed by atoms with Crippen molar-refractivity contribution in [2.24, 2.45) is 11.4 Å². The van der Waals surface area contributed by atoms with Crippen molar-refractivity contribution in [3.8, 4) is 5.88 Å². The highest BCUT2D eigenvalue weighted by atomic mass is 35.5. The Hall–Kier alpha value is -1.90. The number of aliphatic hydroxyl groups excluding tert-OH is 1. The van der Waals surface area contributed by atoms with Crippen molar-refractivity contribution in [3.05, 3.63) is 40.0 Å². The van der Waals surface area contributed by atoms with Gasteiger partial charge in [-0.3, -0.25) is 4.79 Å². The zero-order valence-electron chi connectivity index (χ0n) is 14.3. The number of aryl methyl sites for hydroxylation is 1. The minimum atomic E-state index is -2.46. The van der Waals surface area contributed by atoms with E-state index in [0.717, 1.165) is 19.3 Å². The Morgan fingerprint density at radius 1 is 1.31 bits per heavy atom. The van der Waals surface area contributed by atoms with Crippen molar-refractivity contribution in [1.82, 2.24) is 9.78 Å².